The van der Waals surface area contributed by atoms with Crippen LogP contribution in [0.15, 0.2) is 36.7 Å². The van der Waals surface area contributed by atoms with E-state index >= 15 is 0 Å². The number of ether oxygens (including phenoxy) is 2. The molecule has 2 unspecified atom stereocenters. The van der Waals surface area contributed by atoms with E-state index < -0.39 is 50.3 Å². The minimum absolute atomic E-state index is 0.0296. The third-order valence-corrected chi connectivity index (χ3v) is 11.0. The van der Waals surface area contributed by atoms with Crippen LogP contribution in [-0.2, 0) is 29.7 Å². The minimum atomic E-state index is -4.70. The van der Waals surface area contributed by atoms with Crippen molar-refractivity contribution in [2.24, 2.45) is 0 Å². The van der Waals surface area contributed by atoms with Gasteiger partial charge in [-0.2, -0.15) is 10.4 Å². The fourth-order valence-corrected chi connectivity index (χ4v) is 7.74. The molecule has 0 aliphatic carbocycles. The van der Waals surface area contributed by atoms with Gasteiger partial charge in [0, 0.05) is 0 Å². The van der Waals surface area contributed by atoms with E-state index in [1.807, 2.05) is 6.07 Å². The fourth-order valence-electron chi connectivity index (χ4n) is 6.89. The molecular weight excluding hydrogens is 716 g/mol. The van der Waals surface area contributed by atoms with E-state index in [0.717, 1.165) is 31.7 Å². The zero-order chi connectivity index (χ0) is 39.0. The van der Waals surface area contributed by atoms with Crippen molar-refractivity contribution in [3.63, 3.8) is 0 Å². The molecule has 13 nitrogen and oxygen atoms in total. The highest BCUT2D eigenvalue weighted by atomic mass is 31.2. The second-order valence-corrected chi connectivity index (χ2v) is 16.1. The summed E-state index contributed by atoms with van der Waals surface area (Å²) >= 11 is 0. The van der Waals surface area contributed by atoms with Gasteiger partial charge in [0.25, 0.3) is 0 Å². The smallest absolute Gasteiger partial charge is 0.387 e. The molecule has 300 valence electrons. The van der Waals surface area contributed by atoms with Crippen LogP contribution in [0.3, 0.4) is 0 Å². The first-order chi connectivity index (χ1) is 26.0. The zero-order valence-electron chi connectivity index (χ0n) is 31.8. The van der Waals surface area contributed by atoms with Crippen molar-refractivity contribution in [1.29, 1.82) is 5.26 Å². The van der Waals surface area contributed by atoms with Crippen LogP contribution in [-0.4, -0.2) is 66.8 Å². The molecule has 1 aliphatic heterocycles. The van der Waals surface area contributed by atoms with Crippen molar-refractivity contribution < 1.29 is 42.6 Å². The van der Waals surface area contributed by atoms with E-state index in [4.69, 9.17) is 24.3 Å². The average Bonchev–Trinajstić information content (AvgIpc) is 3.68. The van der Waals surface area contributed by atoms with Crippen molar-refractivity contribution in [3.05, 3.63) is 59.3 Å². The van der Waals surface area contributed by atoms with Crippen molar-refractivity contribution in [3.8, 4) is 6.07 Å². The topological polar surface area (TPSA) is 195 Å². The number of benzene rings is 1. The monoisotopic (exact) mass is 775 g/mol. The van der Waals surface area contributed by atoms with E-state index in [9.17, 15) is 29.3 Å². The van der Waals surface area contributed by atoms with Crippen LogP contribution >= 0.6 is 7.82 Å². The molecule has 4 rings (SSSR count). The van der Waals surface area contributed by atoms with Crippen molar-refractivity contribution in [2.75, 3.05) is 18.9 Å². The molecule has 1 saturated heterocycles. The molecule has 3 heterocycles. The number of nitrogen functional groups attached to an aromatic ring is 1. The highest BCUT2D eigenvalue weighted by Gasteiger charge is 2.53. The number of anilines is 1. The Morgan fingerprint density at radius 2 is 1.63 bits per heavy atom. The average molecular weight is 776 g/mol. The van der Waals surface area contributed by atoms with E-state index in [0.29, 0.717) is 23.2 Å². The summed E-state index contributed by atoms with van der Waals surface area (Å²) in [5.41, 5.74) is 5.84. The lowest BCUT2D eigenvalue weighted by Crippen LogP contribution is -2.44. The summed E-state index contributed by atoms with van der Waals surface area (Å²) in [5, 5.41) is 35.2. The van der Waals surface area contributed by atoms with Gasteiger partial charge < -0.3 is 30.3 Å². The van der Waals surface area contributed by atoms with Gasteiger partial charge in [-0.05, 0) is 49.2 Å². The molecule has 0 bridgehead atoms. The van der Waals surface area contributed by atoms with Crippen LogP contribution in [0.5, 0.6) is 0 Å². The lowest BCUT2D eigenvalue weighted by molar-refractivity contribution is -0.101. The number of nitrogens with zero attached hydrogens (tertiary/aromatic N) is 4. The normalized spacial score (nSPS) is 21.7. The number of aliphatic hydroxyl groups is 2. The number of fused-ring (bicyclic) bond motifs is 1. The molecule has 0 saturated carbocycles. The summed E-state index contributed by atoms with van der Waals surface area (Å²) in [6.07, 6.45) is 15.5. The van der Waals surface area contributed by atoms with Gasteiger partial charge in [0.1, 0.15) is 41.6 Å². The summed E-state index contributed by atoms with van der Waals surface area (Å²) in [6, 6.07) is 9.17. The summed E-state index contributed by atoms with van der Waals surface area (Å²) < 4.78 is 51.3. The van der Waals surface area contributed by atoms with Crippen LogP contribution in [0.2, 0.25) is 0 Å². The second kappa shape index (κ2) is 21.9. The summed E-state index contributed by atoms with van der Waals surface area (Å²) in [4.78, 5) is 14.6. The zero-order valence-corrected chi connectivity index (χ0v) is 32.7. The number of hydrogen-bond acceptors (Lipinski definition) is 11. The molecule has 15 heteroatoms. The maximum atomic E-state index is 14.1. The SMILES string of the molecule is CCCCCCCCCCCCCCCCCC(COP(=O)(O)OC[C@@]1(C)O[C@@H](c2ccc3c(N)ncnn23)[C@H](O)[C@@H]1O)OCc1cc(F)cc(C#N)c1. The second-order valence-electron chi connectivity index (χ2n) is 14.7. The minimum Gasteiger partial charge on any atom is -0.387 e. The van der Waals surface area contributed by atoms with Gasteiger partial charge in [0.15, 0.2) is 5.82 Å². The Kier molecular flexibility index (Phi) is 17.8. The van der Waals surface area contributed by atoms with Crippen molar-refractivity contribution >= 4 is 19.2 Å². The number of aromatic nitrogens is 3. The first-order valence-corrected chi connectivity index (χ1v) is 21.0. The van der Waals surface area contributed by atoms with E-state index in [1.165, 1.54) is 101 Å². The van der Waals surface area contributed by atoms with Crippen LogP contribution < -0.4 is 5.73 Å². The highest BCUT2D eigenvalue weighted by molar-refractivity contribution is 7.47. The number of unbranched alkanes of at least 4 members (excludes halogenated alkanes) is 14. The van der Waals surface area contributed by atoms with Gasteiger partial charge in [-0.25, -0.2) is 18.5 Å². The molecule has 1 aromatic carbocycles. The number of nitrogens with two attached hydrogens (primary N) is 1. The van der Waals surface area contributed by atoms with Gasteiger partial charge in [-0.1, -0.05) is 103 Å². The number of phosphoric ester groups is 1. The van der Waals surface area contributed by atoms with E-state index in [1.54, 1.807) is 12.1 Å². The first-order valence-electron chi connectivity index (χ1n) is 19.5. The van der Waals surface area contributed by atoms with Crippen LogP contribution in [0.25, 0.3) is 5.52 Å². The van der Waals surface area contributed by atoms with Gasteiger partial charge in [-0.15, -0.1) is 0 Å². The molecule has 2 aromatic heterocycles. The lowest BCUT2D eigenvalue weighted by atomic mass is 9.97. The Morgan fingerprint density at radius 1 is 1.00 bits per heavy atom. The summed E-state index contributed by atoms with van der Waals surface area (Å²) in [7, 11) is -4.70. The predicted octanol–water partition coefficient (Wildman–Crippen LogP) is 7.85. The number of halogens is 1. The van der Waals surface area contributed by atoms with Gasteiger partial charge in [-0.3, -0.25) is 9.05 Å². The van der Waals surface area contributed by atoms with E-state index in [-0.39, 0.29) is 24.6 Å². The fraction of sp³-hybridized carbons (Fsp3) is 0.667. The maximum Gasteiger partial charge on any atom is 0.472 e. The maximum absolute atomic E-state index is 14.1. The third kappa shape index (κ3) is 13.3. The Hall–Kier alpha value is -2.99. The van der Waals surface area contributed by atoms with Gasteiger partial charge in [0.2, 0.25) is 0 Å². The molecule has 54 heavy (non-hydrogen) atoms. The summed E-state index contributed by atoms with van der Waals surface area (Å²) in [5.74, 6) is -0.339. The largest absolute Gasteiger partial charge is 0.472 e. The summed E-state index contributed by atoms with van der Waals surface area (Å²) in [6.45, 7) is 2.79. The van der Waals surface area contributed by atoms with Crippen LogP contribution in [0, 0.1) is 17.1 Å². The Bertz CT molecular complexity index is 1670. The molecule has 5 N–H and O–H groups in total. The number of phosphoric acid groups is 1. The lowest BCUT2D eigenvalue weighted by Gasteiger charge is -2.28. The standard InChI is InChI=1S/C39H59FN5O8P/c1-3-4-5-6-7-8-9-10-11-12-13-14-15-16-17-18-32(50-25-30-21-29(24-41)22-31(40)23-30)26-51-54(48,49)52-27-39(2)37(47)35(46)36(53-39)33-19-20-34-38(42)43-28-44-45(33)34/h19-23,28,32,35-37,46-47H,3-18,25-27H2,1-2H3,(H,48,49)(H2,42,43,44)/t32?,35-,36-,37-,39+/m0/s1. The van der Waals surface area contributed by atoms with Gasteiger partial charge >= 0.3 is 7.82 Å². The third-order valence-electron chi connectivity index (χ3n) is 10.1. The molecular formula is C39H59FN5O8P. The number of hydrogen-bond donors (Lipinski definition) is 4. The Labute approximate surface area is 318 Å². The van der Waals surface area contributed by atoms with Crippen LogP contribution in [0.4, 0.5) is 10.2 Å². The molecule has 1 fully saturated rings. The predicted molar refractivity (Wildman–Crippen MR) is 203 cm³/mol. The molecule has 3 aromatic rings. The molecule has 0 amide bonds. The Morgan fingerprint density at radius 3 is 2.26 bits per heavy atom. The number of aliphatic hydroxyl groups excluding tert-OH is 2. The van der Waals surface area contributed by atoms with Crippen molar-refractivity contribution in [1.82, 2.24) is 14.6 Å². The molecule has 0 radical (unpaired) electrons. The molecule has 6 atom stereocenters. The van der Waals surface area contributed by atoms with Crippen molar-refractivity contribution in [2.45, 2.75) is 153 Å². The number of nitriles is 1. The number of rotatable bonds is 26. The highest BCUT2D eigenvalue weighted by Crippen LogP contribution is 2.48. The molecule has 0 spiro atoms. The van der Waals surface area contributed by atoms with E-state index in [2.05, 4.69) is 17.0 Å². The van der Waals surface area contributed by atoms with Crippen LogP contribution in [0.1, 0.15) is 140 Å². The van der Waals surface area contributed by atoms with Gasteiger partial charge in [0.05, 0.1) is 43.3 Å². The Balaban J connectivity index is 1.23. The molecule has 1 aliphatic rings. The first kappa shape index (κ1) is 43.7. The quantitative estimate of drug-likeness (QED) is 0.0456.